The van der Waals surface area contributed by atoms with Crippen molar-refractivity contribution in [3.8, 4) is 0 Å². The van der Waals surface area contributed by atoms with Gasteiger partial charge in [0.05, 0.1) is 25.9 Å². The highest BCUT2D eigenvalue weighted by molar-refractivity contribution is 14.0. The van der Waals surface area contributed by atoms with Crippen molar-refractivity contribution in [3.05, 3.63) is 22.4 Å². The smallest absolute Gasteiger partial charge is 0.191 e. The van der Waals surface area contributed by atoms with Crippen LogP contribution in [0, 0.1) is 0 Å². The number of nitrogens with one attached hydrogen (secondary N) is 2. The fraction of sp³-hybridized carbons (Fsp3) is 0.722. The van der Waals surface area contributed by atoms with Gasteiger partial charge in [-0.2, -0.15) is 0 Å². The molecule has 1 aliphatic heterocycles. The zero-order valence-corrected chi connectivity index (χ0v) is 19.1. The van der Waals surface area contributed by atoms with Crippen molar-refractivity contribution in [3.63, 3.8) is 0 Å². The third-order valence-corrected chi connectivity index (χ3v) is 5.20. The summed E-state index contributed by atoms with van der Waals surface area (Å²) in [7, 11) is 1.81. The van der Waals surface area contributed by atoms with Gasteiger partial charge in [0.1, 0.15) is 0 Å². The quantitative estimate of drug-likeness (QED) is 0.226. The van der Waals surface area contributed by atoms with Gasteiger partial charge in [-0.1, -0.05) is 19.4 Å². The van der Waals surface area contributed by atoms with E-state index in [0.29, 0.717) is 12.6 Å². The molecule has 0 radical (unpaired) electrons. The molecule has 1 aliphatic rings. The third-order valence-electron chi connectivity index (χ3n) is 4.23. The van der Waals surface area contributed by atoms with Gasteiger partial charge in [-0.05, 0) is 17.9 Å². The first kappa shape index (κ1) is 23.6. The second-order valence-corrected chi connectivity index (χ2v) is 7.00. The summed E-state index contributed by atoms with van der Waals surface area (Å²) >= 11 is 1.81. The van der Waals surface area contributed by atoms with E-state index in [1.165, 1.54) is 11.3 Å². The first-order valence-electron chi connectivity index (χ1n) is 9.22. The number of hydrogen-bond donors (Lipinski definition) is 2. The lowest BCUT2D eigenvalue weighted by molar-refractivity contribution is 0.0177. The summed E-state index contributed by atoms with van der Waals surface area (Å²) in [4.78, 5) is 8.19. The maximum Gasteiger partial charge on any atom is 0.191 e. The predicted octanol–water partition coefficient (Wildman–Crippen LogP) is 2.72. The van der Waals surface area contributed by atoms with Crippen LogP contribution in [0.2, 0.25) is 0 Å². The molecule has 0 amide bonds. The molecule has 2 heterocycles. The minimum absolute atomic E-state index is 0. The van der Waals surface area contributed by atoms with Crippen molar-refractivity contribution in [1.29, 1.82) is 0 Å². The molecule has 1 atom stereocenters. The predicted molar refractivity (Wildman–Crippen MR) is 120 cm³/mol. The number of thiophene rings is 1. The number of morpholine rings is 1. The molecule has 1 unspecified atom stereocenters. The molecule has 1 aromatic rings. The van der Waals surface area contributed by atoms with Crippen molar-refractivity contribution in [2.75, 3.05) is 59.7 Å². The SMILES string of the molecule is CCCCOCCNC(=NC)NCC(c1cccs1)N1CCOCC1.I. The zero-order chi connectivity index (χ0) is 17.7. The molecule has 2 N–H and O–H groups in total. The molecule has 1 saturated heterocycles. The van der Waals surface area contributed by atoms with E-state index in [0.717, 1.165) is 58.4 Å². The molecule has 2 rings (SSSR count). The Morgan fingerprint density at radius 1 is 1.35 bits per heavy atom. The number of halogens is 1. The Morgan fingerprint density at radius 3 is 2.81 bits per heavy atom. The lowest BCUT2D eigenvalue weighted by Crippen LogP contribution is -2.46. The monoisotopic (exact) mass is 496 g/mol. The lowest BCUT2D eigenvalue weighted by atomic mass is 10.2. The van der Waals surface area contributed by atoms with Crippen LogP contribution in [0.15, 0.2) is 22.5 Å². The van der Waals surface area contributed by atoms with Gasteiger partial charge >= 0.3 is 0 Å². The molecule has 8 heteroatoms. The van der Waals surface area contributed by atoms with Crippen LogP contribution >= 0.6 is 35.3 Å². The maximum absolute atomic E-state index is 5.58. The highest BCUT2D eigenvalue weighted by atomic mass is 127. The van der Waals surface area contributed by atoms with Gasteiger partial charge in [-0.3, -0.25) is 9.89 Å². The first-order valence-corrected chi connectivity index (χ1v) is 10.1. The van der Waals surface area contributed by atoms with Crippen molar-refractivity contribution in [1.82, 2.24) is 15.5 Å². The van der Waals surface area contributed by atoms with Crippen LogP contribution in [0.25, 0.3) is 0 Å². The number of hydrogen-bond acceptors (Lipinski definition) is 5. The van der Waals surface area contributed by atoms with Crippen molar-refractivity contribution < 1.29 is 9.47 Å². The number of rotatable bonds is 10. The Balaban J connectivity index is 0.00000338. The Bertz CT molecular complexity index is 482. The van der Waals surface area contributed by atoms with Crippen molar-refractivity contribution in [2.24, 2.45) is 4.99 Å². The summed E-state index contributed by atoms with van der Waals surface area (Å²) in [5, 5.41) is 8.93. The molecule has 150 valence electrons. The van der Waals surface area contributed by atoms with Gasteiger partial charge in [0.2, 0.25) is 0 Å². The highest BCUT2D eigenvalue weighted by Gasteiger charge is 2.23. The van der Waals surface area contributed by atoms with Crippen LogP contribution in [0.5, 0.6) is 0 Å². The van der Waals surface area contributed by atoms with E-state index in [1.54, 1.807) is 0 Å². The Labute approximate surface area is 178 Å². The summed E-state index contributed by atoms with van der Waals surface area (Å²) in [5.74, 6) is 0.828. The molecular weight excluding hydrogens is 463 g/mol. The fourth-order valence-corrected chi connectivity index (χ4v) is 3.64. The minimum atomic E-state index is 0. The Morgan fingerprint density at radius 2 is 2.15 bits per heavy atom. The summed E-state index contributed by atoms with van der Waals surface area (Å²) in [6.07, 6.45) is 2.29. The summed E-state index contributed by atoms with van der Waals surface area (Å²) in [5.41, 5.74) is 0. The van der Waals surface area contributed by atoms with E-state index >= 15 is 0 Å². The molecule has 0 saturated carbocycles. The van der Waals surface area contributed by atoms with Gasteiger partial charge in [0.25, 0.3) is 0 Å². The van der Waals surface area contributed by atoms with Gasteiger partial charge < -0.3 is 20.1 Å². The van der Waals surface area contributed by atoms with E-state index in [-0.39, 0.29) is 24.0 Å². The normalized spacial score (nSPS) is 16.8. The van der Waals surface area contributed by atoms with Crippen LogP contribution in [0.4, 0.5) is 0 Å². The van der Waals surface area contributed by atoms with Gasteiger partial charge in [-0.25, -0.2) is 0 Å². The van der Waals surface area contributed by atoms with Crippen LogP contribution < -0.4 is 10.6 Å². The molecule has 0 spiro atoms. The standard InChI is InChI=1S/C18H32N4O2S.HI/c1-3-4-10-23-11-7-20-18(19-2)21-15-16(17-6-5-14-25-17)22-8-12-24-13-9-22;/h5-6,14,16H,3-4,7-13,15H2,1-2H3,(H2,19,20,21);1H. The van der Waals surface area contributed by atoms with E-state index in [1.807, 2.05) is 18.4 Å². The lowest BCUT2D eigenvalue weighted by Gasteiger charge is -2.34. The molecule has 0 aliphatic carbocycles. The van der Waals surface area contributed by atoms with Crippen molar-refractivity contribution in [2.45, 2.75) is 25.8 Å². The van der Waals surface area contributed by atoms with Crippen LogP contribution in [0.3, 0.4) is 0 Å². The number of nitrogens with zero attached hydrogens (tertiary/aromatic N) is 2. The number of aliphatic imine (C=N–C) groups is 1. The molecule has 1 aromatic heterocycles. The number of ether oxygens (including phenoxy) is 2. The molecule has 26 heavy (non-hydrogen) atoms. The molecule has 6 nitrogen and oxygen atoms in total. The van der Waals surface area contributed by atoms with Gasteiger partial charge in [-0.15, -0.1) is 35.3 Å². The third kappa shape index (κ3) is 8.51. The topological polar surface area (TPSA) is 58.1 Å². The molecular formula is C18H33IN4O2S. The summed E-state index contributed by atoms with van der Waals surface area (Å²) < 4.78 is 11.1. The van der Waals surface area contributed by atoms with Crippen LogP contribution in [-0.2, 0) is 9.47 Å². The maximum atomic E-state index is 5.58. The molecule has 1 fully saturated rings. The van der Waals surface area contributed by atoms with Gasteiger partial charge in [0, 0.05) is 44.7 Å². The molecule has 0 aromatic carbocycles. The van der Waals surface area contributed by atoms with E-state index in [9.17, 15) is 0 Å². The zero-order valence-electron chi connectivity index (χ0n) is 15.9. The fourth-order valence-electron chi connectivity index (χ4n) is 2.78. The minimum Gasteiger partial charge on any atom is -0.380 e. The average molecular weight is 496 g/mol. The summed E-state index contributed by atoms with van der Waals surface area (Å²) in [6, 6.07) is 4.68. The Kier molecular flexibility index (Phi) is 13.3. The average Bonchev–Trinajstić information content (AvgIpc) is 3.18. The van der Waals surface area contributed by atoms with Gasteiger partial charge in [0.15, 0.2) is 5.96 Å². The second-order valence-electron chi connectivity index (χ2n) is 6.03. The Hall–Kier alpha value is -0.420. The van der Waals surface area contributed by atoms with E-state index in [4.69, 9.17) is 9.47 Å². The van der Waals surface area contributed by atoms with Crippen LogP contribution in [-0.4, -0.2) is 70.5 Å². The number of unbranched alkanes of at least 4 members (excludes halogenated alkanes) is 1. The largest absolute Gasteiger partial charge is 0.380 e. The van der Waals surface area contributed by atoms with E-state index < -0.39 is 0 Å². The number of guanidine groups is 1. The summed E-state index contributed by atoms with van der Waals surface area (Å²) in [6.45, 7) is 8.88. The second kappa shape index (κ2) is 14.6. The van der Waals surface area contributed by atoms with Crippen molar-refractivity contribution >= 4 is 41.3 Å². The highest BCUT2D eigenvalue weighted by Crippen LogP contribution is 2.25. The molecule has 0 bridgehead atoms. The first-order chi connectivity index (χ1) is 12.3. The van der Waals surface area contributed by atoms with Crippen LogP contribution in [0.1, 0.15) is 30.7 Å². The van der Waals surface area contributed by atoms with E-state index in [2.05, 4.69) is 45.0 Å².